The van der Waals surface area contributed by atoms with E-state index in [4.69, 9.17) is 10.5 Å². The summed E-state index contributed by atoms with van der Waals surface area (Å²) in [6.45, 7) is 4.16. The molecule has 2 N–H and O–H groups in total. The lowest BCUT2D eigenvalue weighted by Crippen LogP contribution is -2.33. The standard InChI is InChI=1S/C14H21FN2O/c15-13-8-12(11-16)9-14(10-13)18-7-6-17-4-2-1-3-5-17/h8-10H,1-7,11,16H2. The molecule has 0 atom stereocenters. The zero-order valence-electron chi connectivity index (χ0n) is 10.7. The van der Waals surface area contributed by atoms with Crippen molar-refractivity contribution in [1.82, 2.24) is 4.90 Å². The first kappa shape index (κ1) is 13.3. The number of piperidine rings is 1. The van der Waals surface area contributed by atoms with Gasteiger partial charge in [0.1, 0.15) is 18.2 Å². The van der Waals surface area contributed by atoms with Gasteiger partial charge in [-0.3, -0.25) is 4.90 Å². The number of hydrogen-bond acceptors (Lipinski definition) is 3. The van der Waals surface area contributed by atoms with E-state index in [1.54, 1.807) is 6.07 Å². The maximum Gasteiger partial charge on any atom is 0.127 e. The molecule has 1 saturated heterocycles. The maximum atomic E-state index is 13.3. The molecule has 0 saturated carbocycles. The van der Waals surface area contributed by atoms with Crippen LogP contribution in [0.2, 0.25) is 0 Å². The first-order valence-electron chi connectivity index (χ1n) is 6.62. The van der Waals surface area contributed by atoms with Crippen molar-refractivity contribution in [2.75, 3.05) is 26.2 Å². The highest BCUT2D eigenvalue weighted by Crippen LogP contribution is 2.16. The third-order valence-electron chi connectivity index (χ3n) is 3.29. The Kier molecular flexibility index (Phi) is 4.96. The first-order valence-corrected chi connectivity index (χ1v) is 6.62. The van der Waals surface area contributed by atoms with Gasteiger partial charge in [-0.05, 0) is 43.6 Å². The van der Waals surface area contributed by atoms with Gasteiger partial charge in [0.25, 0.3) is 0 Å². The predicted octanol–water partition coefficient (Wildman–Crippen LogP) is 2.15. The molecular weight excluding hydrogens is 231 g/mol. The molecule has 2 rings (SSSR count). The van der Waals surface area contributed by atoms with Crippen LogP contribution in [0, 0.1) is 5.82 Å². The Morgan fingerprint density at radius 3 is 2.67 bits per heavy atom. The van der Waals surface area contributed by atoms with Gasteiger partial charge in [-0.15, -0.1) is 0 Å². The van der Waals surface area contributed by atoms with Crippen LogP contribution in [0.25, 0.3) is 0 Å². The van der Waals surface area contributed by atoms with Crippen molar-refractivity contribution < 1.29 is 9.13 Å². The molecule has 1 aliphatic heterocycles. The van der Waals surface area contributed by atoms with Crippen LogP contribution in [0.3, 0.4) is 0 Å². The number of halogens is 1. The van der Waals surface area contributed by atoms with Crippen molar-refractivity contribution in [3.63, 3.8) is 0 Å². The van der Waals surface area contributed by atoms with Crippen molar-refractivity contribution in [2.24, 2.45) is 5.73 Å². The van der Waals surface area contributed by atoms with Crippen LogP contribution < -0.4 is 10.5 Å². The molecule has 0 bridgehead atoms. The van der Waals surface area contributed by atoms with Crippen molar-refractivity contribution in [3.8, 4) is 5.75 Å². The molecule has 4 heteroatoms. The molecule has 1 aromatic rings. The van der Waals surface area contributed by atoms with Gasteiger partial charge in [0.2, 0.25) is 0 Å². The Balaban J connectivity index is 1.80. The summed E-state index contributed by atoms with van der Waals surface area (Å²) < 4.78 is 18.8. The number of ether oxygens (including phenoxy) is 1. The topological polar surface area (TPSA) is 38.5 Å². The molecule has 0 amide bonds. The molecule has 18 heavy (non-hydrogen) atoms. The lowest BCUT2D eigenvalue weighted by atomic mass is 10.1. The average molecular weight is 252 g/mol. The maximum absolute atomic E-state index is 13.3. The minimum Gasteiger partial charge on any atom is -0.492 e. The molecule has 3 nitrogen and oxygen atoms in total. The highest BCUT2D eigenvalue weighted by atomic mass is 19.1. The van der Waals surface area contributed by atoms with Crippen molar-refractivity contribution in [2.45, 2.75) is 25.8 Å². The summed E-state index contributed by atoms with van der Waals surface area (Å²) in [4.78, 5) is 2.40. The van der Waals surface area contributed by atoms with Crippen molar-refractivity contribution >= 4 is 0 Å². The summed E-state index contributed by atoms with van der Waals surface area (Å²) in [5, 5.41) is 0. The minimum absolute atomic E-state index is 0.286. The molecule has 0 aliphatic carbocycles. The first-order chi connectivity index (χ1) is 8.78. The van der Waals surface area contributed by atoms with E-state index in [-0.39, 0.29) is 5.82 Å². The molecule has 1 aliphatic rings. The summed E-state index contributed by atoms with van der Waals surface area (Å²) >= 11 is 0. The zero-order chi connectivity index (χ0) is 12.8. The lowest BCUT2D eigenvalue weighted by Gasteiger charge is -2.26. The molecule has 0 radical (unpaired) electrons. The fourth-order valence-corrected chi connectivity index (χ4v) is 2.30. The van der Waals surface area contributed by atoms with Crippen LogP contribution in [-0.4, -0.2) is 31.1 Å². The van der Waals surface area contributed by atoms with E-state index in [2.05, 4.69) is 4.90 Å². The second-order valence-electron chi connectivity index (χ2n) is 4.75. The lowest BCUT2D eigenvalue weighted by molar-refractivity contribution is 0.183. The Bertz CT molecular complexity index is 378. The predicted molar refractivity (Wildman–Crippen MR) is 70.1 cm³/mol. The number of rotatable bonds is 5. The van der Waals surface area contributed by atoms with E-state index in [1.807, 2.05) is 0 Å². The van der Waals surface area contributed by atoms with Crippen LogP contribution >= 0.6 is 0 Å². The molecule has 1 heterocycles. The molecule has 1 fully saturated rings. The Labute approximate surface area is 108 Å². The van der Waals surface area contributed by atoms with Gasteiger partial charge in [-0.25, -0.2) is 4.39 Å². The van der Waals surface area contributed by atoms with Gasteiger partial charge in [0, 0.05) is 19.2 Å². The third kappa shape index (κ3) is 3.96. The van der Waals surface area contributed by atoms with Crippen LogP contribution in [0.4, 0.5) is 4.39 Å². The summed E-state index contributed by atoms with van der Waals surface area (Å²) in [5.74, 6) is 0.290. The van der Waals surface area contributed by atoms with E-state index >= 15 is 0 Å². The zero-order valence-corrected chi connectivity index (χ0v) is 10.7. The van der Waals surface area contributed by atoms with Gasteiger partial charge >= 0.3 is 0 Å². The van der Waals surface area contributed by atoms with Crippen molar-refractivity contribution in [1.29, 1.82) is 0 Å². The molecular formula is C14H21FN2O. The Morgan fingerprint density at radius 1 is 1.17 bits per heavy atom. The molecule has 0 aromatic heterocycles. The Hall–Kier alpha value is -1.13. The van der Waals surface area contributed by atoms with Crippen LogP contribution in [-0.2, 0) is 6.54 Å². The number of likely N-dealkylation sites (tertiary alicyclic amines) is 1. The number of benzene rings is 1. The smallest absolute Gasteiger partial charge is 0.127 e. The van der Waals surface area contributed by atoms with Crippen LogP contribution in [0.15, 0.2) is 18.2 Å². The van der Waals surface area contributed by atoms with E-state index < -0.39 is 0 Å². The van der Waals surface area contributed by atoms with E-state index in [9.17, 15) is 4.39 Å². The average Bonchev–Trinajstić information content (AvgIpc) is 2.39. The third-order valence-corrected chi connectivity index (χ3v) is 3.29. The van der Waals surface area contributed by atoms with Gasteiger partial charge in [-0.2, -0.15) is 0 Å². The normalized spacial score (nSPS) is 16.8. The fourth-order valence-electron chi connectivity index (χ4n) is 2.30. The minimum atomic E-state index is -0.286. The molecule has 100 valence electrons. The largest absolute Gasteiger partial charge is 0.492 e. The summed E-state index contributed by atoms with van der Waals surface area (Å²) in [5.41, 5.74) is 6.27. The fraction of sp³-hybridized carbons (Fsp3) is 0.571. The Morgan fingerprint density at radius 2 is 1.94 bits per heavy atom. The van der Waals surface area contributed by atoms with Gasteiger partial charge in [0.15, 0.2) is 0 Å². The van der Waals surface area contributed by atoms with Crippen LogP contribution in [0.5, 0.6) is 5.75 Å². The highest BCUT2D eigenvalue weighted by molar-refractivity contribution is 5.29. The van der Waals surface area contributed by atoms with Gasteiger partial charge in [0.05, 0.1) is 0 Å². The van der Waals surface area contributed by atoms with Gasteiger partial charge < -0.3 is 10.5 Å². The van der Waals surface area contributed by atoms with E-state index in [1.165, 1.54) is 31.4 Å². The monoisotopic (exact) mass is 252 g/mol. The number of hydrogen-bond donors (Lipinski definition) is 1. The second kappa shape index (κ2) is 6.71. The molecule has 1 aromatic carbocycles. The van der Waals surface area contributed by atoms with Crippen LogP contribution in [0.1, 0.15) is 24.8 Å². The summed E-state index contributed by atoms with van der Waals surface area (Å²) in [6, 6.07) is 4.66. The van der Waals surface area contributed by atoms with E-state index in [0.717, 1.165) is 25.2 Å². The second-order valence-corrected chi connectivity index (χ2v) is 4.75. The van der Waals surface area contributed by atoms with Crippen molar-refractivity contribution in [3.05, 3.63) is 29.6 Å². The SMILES string of the molecule is NCc1cc(F)cc(OCCN2CCCCC2)c1. The summed E-state index contributed by atoms with van der Waals surface area (Å²) in [6.07, 6.45) is 3.88. The molecule has 0 unspecified atom stereocenters. The number of nitrogens with two attached hydrogens (primary N) is 1. The van der Waals surface area contributed by atoms with E-state index in [0.29, 0.717) is 18.9 Å². The molecule has 0 spiro atoms. The highest BCUT2D eigenvalue weighted by Gasteiger charge is 2.09. The quantitative estimate of drug-likeness (QED) is 0.872. The van der Waals surface area contributed by atoms with Gasteiger partial charge in [-0.1, -0.05) is 6.42 Å². The number of nitrogens with zero attached hydrogens (tertiary/aromatic N) is 1. The summed E-state index contributed by atoms with van der Waals surface area (Å²) in [7, 11) is 0.